The van der Waals surface area contributed by atoms with Gasteiger partial charge in [0.2, 0.25) is 0 Å². The third kappa shape index (κ3) is 13.3. The molecule has 16 heteroatoms. The van der Waals surface area contributed by atoms with Crippen molar-refractivity contribution < 1.29 is 67.4 Å². The second kappa shape index (κ2) is 16.0. The summed E-state index contributed by atoms with van der Waals surface area (Å²) in [5.41, 5.74) is -12.2. The van der Waals surface area contributed by atoms with E-state index < -0.39 is 47.0 Å². The maximum Gasteiger partial charge on any atom is 0.430 e. The van der Waals surface area contributed by atoms with Crippen LogP contribution in [0.15, 0.2) is 60.7 Å². The number of nitrogens with zero attached hydrogens (tertiary/aromatic N) is 1. The molecule has 246 valence electrons. The van der Waals surface area contributed by atoms with Crippen LogP contribution in [0.5, 0.6) is 0 Å². The summed E-state index contributed by atoms with van der Waals surface area (Å²) in [7, 11) is 8.50. The lowest BCUT2D eigenvalue weighted by atomic mass is 9.92. The molecule has 2 N–H and O–H groups in total. The Morgan fingerprint density at radius 3 is 0.738 bits per heavy atom. The van der Waals surface area contributed by atoms with E-state index in [1.54, 1.807) is 0 Å². The lowest BCUT2D eigenvalue weighted by Crippen LogP contribution is -2.53. The number of alkyl halides is 12. The fourth-order valence-electron chi connectivity index (χ4n) is 2.33. The first-order chi connectivity index (χ1) is 17.9. The molecule has 0 radical (unpaired) electrons. The van der Waals surface area contributed by atoms with Gasteiger partial charge in [0.05, 0.1) is 28.2 Å². The van der Waals surface area contributed by atoms with E-state index in [0.29, 0.717) is 24.3 Å². The molecule has 0 amide bonds. The molecule has 0 bridgehead atoms. The molecular formula is C26H37F12NO2Si. The zero-order valence-electron chi connectivity index (χ0n) is 24.2. The van der Waals surface area contributed by atoms with Crippen LogP contribution >= 0.6 is 0 Å². The number of halogens is 12. The summed E-state index contributed by atoms with van der Waals surface area (Å²) in [6.45, 7) is 6.50. The molecule has 0 fully saturated rings. The van der Waals surface area contributed by atoms with Crippen molar-refractivity contribution in [2.75, 3.05) is 28.2 Å². The largest absolute Gasteiger partial charge is 0.430 e. The van der Waals surface area contributed by atoms with Crippen molar-refractivity contribution in [1.82, 2.24) is 0 Å². The summed E-state index contributed by atoms with van der Waals surface area (Å²) in [5, 5.41) is 17.8. The highest BCUT2D eigenvalue weighted by molar-refractivity contribution is 5.75. The van der Waals surface area contributed by atoms with Crippen LogP contribution in [0.3, 0.4) is 0 Å². The zero-order valence-corrected chi connectivity index (χ0v) is 26.2. The van der Waals surface area contributed by atoms with Crippen molar-refractivity contribution in [3.63, 3.8) is 0 Å². The Morgan fingerprint density at radius 1 is 0.476 bits per heavy atom. The Kier molecular flexibility index (Phi) is 16.8. The molecule has 0 unspecified atom stereocenters. The number of quaternary nitrogens is 1. The predicted octanol–water partition coefficient (Wildman–Crippen LogP) is 6.80. The van der Waals surface area contributed by atoms with Gasteiger partial charge in [-0.2, -0.15) is 52.7 Å². The van der Waals surface area contributed by atoms with Crippen LogP contribution in [0, 0.1) is 5.92 Å². The van der Waals surface area contributed by atoms with Crippen molar-refractivity contribution in [3.8, 4) is 0 Å². The minimum absolute atomic E-state index is 0. The fourth-order valence-corrected chi connectivity index (χ4v) is 2.33. The van der Waals surface area contributed by atoms with E-state index in [0.717, 1.165) is 34.7 Å². The maximum atomic E-state index is 12.3. The lowest BCUT2D eigenvalue weighted by Gasteiger charge is -2.32. The number of hydrogen-bond acceptors (Lipinski definition) is 2. The lowest BCUT2D eigenvalue weighted by molar-refractivity contribution is -0.849. The maximum absolute atomic E-state index is 12.3. The van der Waals surface area contributed by atoms with E-state index in [1.165, 1.54) is 12.1 Å². The first-order valence-corrected chi connectivity index (χ1v) is 11.6. The van der Waals surface area contributed by atoms with Gasteiger partial charge in [-0.3, -0.25) is 0 Å². The number of hydrogen-bond donors (Lipinski definition) is 2. The molecule has 0 aromatic heterocycles. The molecule has 0 heterocycles. The molecule has 0 aliphatic heterocycles. The van der Waals surface area contributed by atoms with E-state index in [9.17, 15) is 52.7 Å². The standard InChI is InChI=1S/2C9H6F6O.C4H12N.C4H10.H3Si/c2*10-8(11,12)7(16,9(13,14)15)6-4-2-1-3-5-6;1-5(2,3)4;1-4(2)3;/h2*1-5,16H;1-4H3;4H,1-3H3;1H3/q;;+1;;-1. The molecule has 0 aliphatic rings. The topological polar surface area (TPSA) is 40.5 Å². The summed E-state index contributed by atoms with van der Waals surface area (Å²) < 4.78 is 149. The van der Waals surface area contributed by atoms with Crippen molar-refractivity contribution in [2.45, 2.75) is 56.7 Å². The Bertz CT molecular complexity index is 889. The van der Waals surface area contributed by atoms with Gasteiger partial charge in [0.15, 0.2) is 0 Å². The second-order valence-corrected chi connectivity index (χ2v) is 10.6. The average molecular weight is 652 g/mol. The minimum atomic E-state index is -5.83. The number of rotatable bonds is 2. The molecule has 2 aromatic carbocycles. The highest BCUT2D eigenvalue weighted by Gasteiger charge is 2.72. The van der Waals surface area contributed by atoms with Crippen molar-refractivity contribution in [1.29, 1.82) is 0 Å². The van der Waals surface area contributed by atoms with Crippen LogP contribution < -0.4 is 0 Å². The van der Waals surface area contributed by atoms with E-state index >= 15 is 0 Å². The van der Waals surface area contributed by atoms with Gasteiger partial charge in [0.1, 0.15) is 0 Å². The fraction of sp³-hybridized carbons (Fsp3) is 0.538. The molecule has 3 nitrogen and oxygen atoms in total. The van der Waals surface area contributed by atoms with Gasteiger partial charge in [-0.1, -0.05) is 81.4 Å². The van der Waals surface area contributed by atoms with Gasteiger partial charge in [-0.25, -0.2) is 0 Å². The molecule has 0 atom stereocenters. The van der Waals surface area contributed by atoms with Crippen LogP contribution in [-0.2, 0) is 11.2 Å². The molecule has 0 saturated heterocycles. The molecule has 42 heavy (non-hydrogen) atoms. The summed E-state index contributed by atoms with van der Waals surface area (Å²) >= 11 is 0. The van der Waals surface area contributed by atoms with Gasteiger partial charge in [-0.05, 0) is 5.92 Å². The van der Waals surface area contributed by atoms with Crippen LogP contribution in [0.1, 0.15) is 31.9 Å². The van der Waals surface area contributed by atoms with Crippen LogP contribution in [0.2, 0.25) is 0 Å². The van der Waals surface area contributed by atoms with Gasteiger partial charge in [0.25, 0.3) is 11.2 Å². The van der Waals surface area contributed by atoms with Gasteiger partial charge < -0.3 is 25.7 Å². The third-order valence-electron chi connectivity index (χ3n) is 4.02. The summed E-state index contributed by atoms with van der Waals surface area (Å²) in [6.07, 6.45) is -23.3. The first kappa shape index (κ1) is 44.1. The van der Waals surface area contributed by atoms with E-state index in [2.05, 4.69) is 49.0 Å². The monoisotopic (exact) mass is 651 g/mol. The Morgan fingerprint density at radius 2 is 0.619 bits per heavy atom. The molecule has 0 aliphatic carbocycles. The third-order valence-corrected chi connectivity index (χ3v) is 4.02. The molecule has 2 aromatic rings. The minimum Gasteiger partial charge on any atom is -0.369 e. The number of aliphatic hydroxyl groups is 2. The Labute approximate surface area is 241 Å². The summed E-state index contributed by atoms with van der Waals surface area (Å²) in [4.78, 5) is 0. The quantitative estimate of drug-likeness (QED) is 0.213. The molecule has 0 spiro atoms. The number of benzene rings is 2. The summed E-state index contributed by atoms with van der Waals surface area (Å²) in [6, 6.07) is 8.71. The van der Waals surface area contributed by atoms with Gasteiger partial charge in [-0.15, -0.1) is 0 Å². The second-order valence-electron chi connectivity index (χ2n) is 10.6. The van der Waals surface area contributed by atoms with E-state index in [4.69, 9.17) is 10.2 Å². The van der Waals surface area contributed by atoms with Crippen LogP contribution in [-0.4, -0.2) is 78.6 Å². The SMILES string of the molecule is CC(C)C.C[N+](C)(C)C.OC(c1ccccc1)(C(F)(F)F)C(F)(F)F.OC(c1ccccc1)(C(F)(F)F)C(F)(F)F.[SiH3-]. The van der Waals surface area contributed by atoms with Crippen LogP contribution in [0.25, 0.3) is 0 Å². The smallest absolute Gasteiger partial charge is 0.369 e. The van der Waals surface area contributed by atoms with Crippen molar-refractivity contribution >= 4 is 11.0 Å². The van der Waals surface area contributed by atoms with Crippen molar-refractivity contribution in [2.24, 2.45) is 5.92 Å². The predicted molar refractivity (Wildman–Crippen MR) is 139 cm³/mol. The molecular weight excluding hydrogens is 614 g/mol. The van der Waals surface area contributed by atoms with Crippen molar-refractivity contribution in [3.05, 3.63) is 71.8 Å². The molecule has 2 rings (SSSR count). The van der Waals surface area contributed by atoms with Gasteiger partial charge >= 0.3 is 24.7 Å². The van der Waals surface area contributed by atoms with E-state index in [-0.39, 0.29) is 11.0 Å². The Balaban J connectivity index is -0.000000553. The summed E-state index contributed by atoms with van der Waals surface area (Å²) in [5.74, 6) is 0.833. The van der Waals surface area contributed by atoms with Gasteiger partial charge in [0, 0.05) is 11.1 Å². The Hall–Kier alpha value is -2.30. The normalized spacial score (nSPS) is 12.9. The highest BCUT2D eigenvalue weighted by Crippen LogP contribution is 2.50. The van der Waals surface area contributed by atoms with Crippen LogP contribution in [0.4, 0.5) is 52.7 Å². The zero-order chi connectivity index (χ0) is 33.3. The van der Waals surface area contributed by atoms with E-state index in [1.807, 2.05) is 0 Å². The highest BCUT2D eigenvalue weighted by atomic mass is 28.1. The average Bonchev–Trinajstić information content (AvgIpc) is 2.75. The first-order valence-electron chi connectivity index (χ1n) is 11.6. The molecule has 0 saturated carbocycles.